The van der Waals surface area contributed by atoms with Gasteiger partial charge in [-0.15, -0.1) is 0 Å². The highest BCUT2D eigenvalue weighted by atomic mass is 16.5. The number of carbonyl (C=O) groups excluding carboxylic acids is 4. The number of methoxy groups -OCH3 is 1. The van der Waals surface area contributed by atoms with E-state index in [4.69, 9.17) is 9.47 Å². The zero-order valence-corrected chi connectivity index (χ0v) is 14.6. The Hall–Kier alpha value is -3.48. The predicted molar refractivity (Wildman–Crippen MR) is 94.7 cm³/mol. The number of hydrogen-bond acceptors (Lipinski definition) is 6. The van der Waals surface area contributed by atoms with Crippen LogP contribution in [-0.2, 0) is 9.53 Å². The smallest absolute Gasteiger partial charge is 0.308 e. The van der Waals surface area contributed by atoms with E-state index in [1.165, 1.54) is 7.11 Å². The number of benzene rings is 2. The third-order valence-electron chi connectivity index (χ3n) is 4.19. The Labute approximate surface area is 155 Å². The number of Topliss-reactive ketones (excluding diaryl/α,β-unsaturated/α-hetero) is 1. The number of amides is 2. The van der Waals surface area contributed by atoms with Crippen LogP contribution < -0.4 is 4.74 Å². The lowest BCUT2D eigenvalue weighted by atomic mass is 10.1. The molecular formula is C20H17NO6. The van der Waals surface area contributed by atoms with Gasteiger partial charge in [-0.25, -0.2) is 0 Å². The average molecular weight is 367 g/mol. The van der Waals surface area contributed by atoms with E-state index in [-0.39, 0.29) is 13.0 Å². The van der Waals surface area contributed by atoms with Crippen LogP contribution >= 0.6 is 0 Å². The number of ether oxygens (including phenoxy) is 2. The van der Waals surface area contributed by atoms with Crippen molar-refractivity contribution in [2.24, 2.45) is 0 Å². The van der Waals surface area contributed by atoms with E-state index in [1.54, 1.807) is 48.5 Å². The monoisotopic (exact) mass is 367 g/mol. The fourth-order valence-corrected chi connectivity index (χ4v) is 2.82. The lowest BCUT2D eigenvalue weighted by molar-refractivity contribution is -0.142. The van der Waals surface area contributed by atoms with Crippen LogP contribution in [0.4, 0.5) is 0 Å². The largest absolute Gasteiger partial charge is 0.496 e. The summed E-state index contributed by atoms with van der Waals surface area (Å²) >= 11 is 0. The molecule has 2 aromatic carbocycles. The molecule has 0 N–H and O–H groups in total. The summed E-state index contributed by atoms with van der Waals surface area (Å²) in [5, 5.41) is 0. The number of esters is 1. The zero-order valence-electron chi connectivity index (χ0n) is 14.6. The van der Waals surface area contributed by atoms with E-state index in [1.807, 2.05) is 0 Å². The molecule has 138 valence electrons. The van der Waals surface area contributed by atoms with Gasteiger partial charge >= 0.3 is 5.97 Å². The number of hydrogen-bond donors (Lipinski definition) is 0. The second-order valence-electron chi connectivity index (χ2n) is 5.84. The second kappa shape index (κ2) is 7.82. The van der Waals surface area contributed by atoms with Crippen LogP contribution in [0.3, 0.4) is 0 Å². The van der Waals surface area contributed by atoms with Gasteiger partial charge in [0.1, 0.15) is 5.75 Å². The average Bonchev–Trinajstić information content (AvgIpc) is 2.95. The molecule has 0 spiro atoms. The SMILES string of the molecule is COc1ccccc1C(=O)COC(=O)CCN1C(=O)c2ccccc2C1=O. The number of rotatable bonds is 7. The molecule has 0 radical (unpaired) electrons. The van der Waals surface area contributed by atoms with Crippen molar-refractivity contribution >= 4 is 23.6 Å². The minimum Gasteiger partial charge on any atom is -0.496 e. The quantitative estimate of drug-likeness (QED) is 0.423. The fraction of sp³-hybridized carbons (Fsp3) is 0.200. The first-order valence-corrected chi connectivity index (χ1v) is 8.30. The van der Waals surface area contributed by atoms with Crippen molar-refractivity contribution in [3.05, 3.63) is 65.2 Å². The molecule has 0 saturated carbocycles. The van der Waals surface area contributed by atoms with E-state index < -0.39 is 30.2 Å². The van der Waals surface area contributed by atoms with Crippen LogP contribution in [0.15, 0.2) is 48.5 Å². The summed E-state index contributed by atoms with van der Waals surface area (Å²) in [6, 6.07) is 13.1. The minimum atomic E-state index is -0.671. The molecule has 7 nitrogen and oxygen atoms in total. The summed E-state index contributed by atoms with van der Waals surface area (Å²) < 4.78 is 10.1. The Balaban J connectivity index is 1.53. The van der Waals surface area contributed by atoms with Crippen molar-refractivity contribution in [3.63, 3.8) is 0 Å². The summed E-state index contributed by atoms with van der Waals surface area (Å²) in [5.41, 5.74) is 0.956. The Morgan fingerprint density at radius 3 is 2.15 bits per heavy atom. The summed E-state index contributed by atoms with van der Waals surface area (Å²) in [4.78, 5) is 49.5. The molecule has 1 aliphatic heterocycles. The van der Waals surface area contributed by atoms with Gasteiger partial charge in [0, 0.05) is 6.54 Å². The molecule has 0 aliphatic carbocycles. The van der Waals surface area contributed by atoms with E-state index >= 15 is 0 Å². The van der Waals surface area contributed by atoms with Gasteiger partial charge in [0.25, 0.3) is 11.8 Å². The highest BCUT2D eigenvalue weighted by Gasteiger charge is 2.35. The molecule has 0 saturated heterocycles. The van der Waals surface area contributed by atoms with E-state index in [9.17, 15) is 19.2 Å². The third-order valence-corrected chi connectivity index (χ3v) is 4.19. The molecule has 2 aromatic rings. The Morgan fingerprint density at radius 2 is 1.52 bits per heavy atom. The van der Waals surface area contributed by atoms with Crippen molar-refractivity contribution in [1.29, 1.82) is 0 Å². The molecule has 0 bridgehead atoms. The Kier molecular flexibility index (Phi) is 5.30. The molecule has 7 heteroatoms. The van der Waals surface area contributed by atoms with E-state index in [0.717, 1.165) is 4.90 Å². The van der Waals surface area contributed by atoms with Crippen LogP contribution in [0.2, 0.25) is 0 Å². The molecule has 1 heterocycles. The number of ketones is 1. The number of fused-ring (bicyclic) bond motifs is 1. The fourth-order valence-electron chi connectivity index (χ4n) is 2.82. The number of imide groups is 1. The van der Waals surface area contributed by atoms with Gasteiger partial charge < -0.3 is 9.47 Å². The summed E-state index contributed by atoms with van der Waals surface area (Å²) in [7, 11) is 1.44. The molecule has 0 fully saturated rings. The van der Waals surface area contributed by atoms with Gasteiger partial charge in [-0.05, 0) is 24.3 Å². The maximum Gasteiger partial charge on any atom is 0.308 e. The van der Waals surface area contributed by atoms with Crippen molar-refractivity contribution in [1.82, 2.24) is 4.90 Å². The molecule has 27 heavy (non-hydrogen) atoms. The summed E-state index contributed by atoms with van der Waals surface area (Å²) in [5.74, 6) is -1.55. The Morgan fingerprint density at radius 1 is 0.926 bits per heavy atom. The zero-order chi connectivity index (χ0) is 19.4. The van der Waals surface area contributed by atoms with Crippen LogP contribution in [0.1, 0.15) is 37.5 Å². The number of nitrogens with zero attached hydrogens (tertiary/aromatic N) is 1. The third kappa shape index (κ3) is 3.72. The highest BCUT2D eigenvalue weighted by Crippen LogP contribution is 2.22. The summed E-state index contributed by atoms with van der Waals surface area (Å²) in [6.07, 6.45) is -0.190. The molecular weight excluding hydrogens is 350 g/mol. The van der Waals surface area contributed by atoms with Crippen molar-refractivity contribution in [3.8, 4) is 5.75 Å². The molecule has 3 rings (SSSR count). The number of carbonyl (C=O) groups is 4. The molecule has 0 aromatic heterocycles. The van der Waals surface area contributed by atoms with Crippen LogP contribution in [-0.4, -0.2) is 48.7 Å². The van der Waals surface area contributed by atoms with Crippen LogP contribution in [0, 0.1) is 0 Å². The molecule has 0 unspecified atom stereocenters. The first kappa shape index (κ1) is 18.3. The first-order chi connectivity index (χ1) is 13.0. The molecule has 2 amide bonds. The number of para-hydroxylation sites is 1. The molecule has 1 aliphatic rings. The normalized spacial score (nSPS) is 12.7. The molecule has 0 atom stereocenters. The maximum absolute atomic E-state index is 12.2. The lowest BCUT2D eigenvalue weighted by Crippen LogP contribution is -2.32. The Bertz CT molecular complexity index is 885. The van der Waals surface area contributed by atoms with Gasteiger partial charge in [-0.3, -0.25) is 24.1 Å². The van der Waals surface area contributed by atoms with Gasteiger partial charge in [0.15, 0.2) is 6.61 Å². The van der Waals surface area contributed by atoms with Crippen molar-refractivity contribution < 1.29 is 28.7 Å². The van der Waals surface area contributed by atoms with Gasteiger partial charge in [0.2, 0.25) is 5.78 Å². The topological polar surface area (TPSA) is 90.0 Å². The van der Waals surface area contributed by atoms with Crippen molar-refractivity contribution in [2.75, 3.05) is 20.3 Å². The van der Waals surface area contributed by atoms with Gasteiger partial charge in [0.05, 0.1) is 30.2 Å². The summed E-state index contributed by atoms with van der Waals surface area (Å²) in [6.45, 7) is -0.546. The van der Waals surface area contributed by atoms with Crippen molar-refractivity contribution in [2.45, 2.75) is 6.42 Å². The standard InChI is InChI=1S/C20H17NO6/c1-26-17-9-5-4-8-15(17)16(22)12-27-18(23)10-11-21-19(24)13-6-2-3-7-14(13)20(21)25/h2-9H,10-12H2,1H3. The van der Waals surface area contributed by atoms with Crippen LogP contribution in [0.25, 0.3) is 0 Å². The highest BCUT2D eigenvalue weighted by molar-refractivity contribution is 6.21. The van der Waals surface area contributed by atoms with Gasteiger partial charge in [-0.1, -0.05) is 24.3 Å². The van der Waals surface area contributed by atoms with Gasteiger partial charge in [-0.2, -0.15) is 0 Å². The van der Waals surface area contributed by atoms with E-state index in [2.05, 4.69) is 0 Å². The van der Waals surface area contributed by atoms with Crippen LogP contribution in [0.5, 0.6) is 5.75 Å². The second-order valence-corrected chi connectivity index (χ2v) is 5.84. The first-order valence-electron chi connectivity index (χ1n) is 8.30. The maximum atomic E-state index is 12.2. The minimum absolute atomic E-state index is 0.103. The lowest BCUT2D eigenvalue weighted by Gasteiger charge is -2.13. The predicted octanol–water partition coefficient (Wildman–Crippen LogP) is 2.11. The van der Waals surface area contributed by atoms with E-state index in [0.29, 0.717) is 22.4 Å².